The Balaban J connectivity index is 2.21. The Morgan fingerprint density at radius 3 is 2.62 bits per heavy atom. The zero-order chi connectivity index (χ0) is 11.0. The van der Waals surface area contributed by atoms with Gasteiger partial charge in [-0.1, -0.05) is 55.8 Å². The van der Waals surface area contributed by atoms with Gasteiger partial charge in [0.25, 0.3) is 0 Å². The quantitative estimate of drug-likeness (QED) is 0.591. The zero-order valence-corrected chi connectivity index (χ0v) is 9.66. The van der Waals surface area contributed by atoms with Gasteiger partial charge in [-0.05, 0) is 40.7 Å². The molecule has 0 unspecified atom stereocenters. The molecule has 0 heteroatoms. The largest absolute Gasteiger partial charge is 0.0651 e. The molecular weight excluding hydrogens is 192 g/mol. The Bertz CT molecular complexity index is 523. The van der Waals surface area contributed by atoms with Crippen LogP contribution in [0.3, 0.4) is 0 Å². The Labute approximate surface area is 96.9 Å². The smallest absolute Gasteiger partial charge is 0.00134 e. The first kappa shape index (κ1) is 9.65. The summed E-state index contributed by atoms with van der Waals surface area (Å²) < 4.78 is 0. The molecule has 0 atom stereocenters. The van der Waals surface area contributed by atoms with Crippen molar-refractivity contribution in [1.82, 2.24) is 0 Å². The van der Waals surface area contributed by atoms with Crippen LogP contribution in [-0.4, -0.2) is 0 Å². The molecule has 1 aliphatic carbocycles. The number of benzene rings is 2. The van der Waals surface area contributed by atoms with E-state index in [4.69, 9.17) is 0 Å². The number of rotatable bonds is 2. The number of aryl methyl sites for hydroxylation is 1. The van der Waals surface area contributed by atoms with Gasteiger partial charge in [0.05, 0.1) is 0 Å². The van der Waals surface area contributed by atoms with Gasteiger partial charge in [0.1, 0.15) is 0 Å². The third-order valence-electron chi connectivity index (χ3n) is 3.42. The molecule has 0 N–H and O–H groups in total. The van der Waals surface area contributed by atoms with Crippen molar-refractivity contribution < 1.29 is 0 Å². The van der Waals surface area contributed by atoms with Gasteiger partial charge < -0.3 is 0 Å². The first-order valence-corrected chi connectivity index (χ1v) is 6.09. The fraction of sp³-hybridized carbons (Fsp3) is 0.250. The highest BCUT2D eigenvalue weighted by molar-refractivity contribution is 5.79. The average Bonchev–Trinajstić information content (AvgIpc) is 2.68. The van der Waals surface area contributed by atoms with Crippen molar-refractivity contribution in [3.05, 3.63) is 59.2 Å². The molecule has 0 saturated heterocycles. The number of hydrogen-bond donors (Lipinski definition) is 0. The molecule has 0 aliphatic heterocycles. The van der Waals surface area contributed by atoms with E-state index < -0.39 is 0 Å². The van der Waals surface area contributed by atoms with Crippen LogP contribution < -0.4 is 0 Å². The summed E-state index contributed by atoms with van der Waals surface area (Å²) in [5, 5.41) is 0. The van der Waals surface area contributed by atoms with E-state index in [1.165, 1.54) is 40.7 Å². The lowest BCUT2D eigenvalue weighted by Gasteiger charge is -2.08. The fourth-order valence-corrected chi connectivity index (χ4v) is 2.75. The summed E-state index contributed by atoms with van der Waals surface area (Å²) in [5.74, 6) is 0. The molecule has 0 amide bonds. The number of hydrogen-bond acceptors (Lipinski definition) is 0. The topological polar surface area (TPSA) is 0 Å². The second kappa shape index (κ2) is 3.79. The van der Waals surface area contributed by atoms with E-state index in [0.29, 0.717) is 0 Å². The molecule has 2 aromatic carbocycles. The van der Waals surface area contributed by atoms with Crippen LogP contribution in [0.25, 0.3) is 11.1 Å². The summed E-state index contributed by atoms with van der Waals surface area (Å²) in [7, 11) is 0. The van der Waals surface area contributed by atoms with Gasteiger partial charge in [-0.25, -0.2) is 0 Å². The summed E-state index contributed by atoms with van der Waals surface area (Å²) in [4.78, 5) is 0. The van der Waals surface area contributed by atoms with Gasteiger partial charge in [0.15, 0.2) is 0 Å². The van der Waals surface area contributed by atoms with E-state index in [0.717, 1.165) is 6.42 Å². The summed E-state index contributed by atoms with van der Waals surface area (Å²) in [5.41, 5.74) is 7.49. The maximum atomic E-state index is 2.28. The second-order valence-electron chi connectivity index (χ2n) is 4.54. The third kappa shape index (κ3) is 1.37. The standard InChI is InChI=1S/C16H16/c1-2-6-12-8-5-9-14-11-13-7-3-4-10-15(13)16(12)14/h3-5,7-10H,2,6,11H2,1H3. The molecule has 16 heavy (non-hydrogen) atoms. The Hall–Kier alpha value is -1.56. The maximum absolute atomic E-state index is 2.28. The molecule has 0 nitrogen and oxygen atoms in total. The van der Waals surface area contributed by atoms with Crippen molar-refractivity contribution in [1.29, 1.82) is 0 Å². The molecule has 0 bridgehead atoms. The van der Waals surface area contributed by atoms with E-state index in [-0.39, 0.29) is 0 Å². The predicted molar refractivity (Wildman–Crippen MR) is 68.7 cm³/mol. The van der Waals surface area contributed by atoms with Crippen molar-refractivity contribution in [2.75, 3.05) is 0 Å². The van der Waals surface area contributed by atoms with E-state index >= 15 is 0 Å². The van der Waals surface area contributed by atoms with Gasteiger partial charge in [-0.2, -0.15) is 0 Å². The van der Waals surface area contributed by atoms with Crippen LogP contribution in [0, 0.1) is 0 Å². The summed E-state index contributed by atoms with van der Waals surface area (Å²) in [6.07, 6.45) is 3.53. The van der Waals surface area contributed by atoms with Crippen molar-refractivity contribution in [2.24, 2.45) is 0 Å². The molecule has 2 aromatic rings. The minimum atomic E-state index is 1.11. The van der Waals surface area contributed by atoms with Gasteiger partial charge in [-0.3, -0.25) is 0 Å². The Kier molecular flexibility index (Phi) is 2.28. The fourth-order valence-electron chi connectivity index (χ4n) is 2.75. The minimum Gasteiger partial charge on any atom is -0.0651 e. The third-order valence-corrected chi connectivity index (χ3v) is 3.42. The molecule has 1 aliphatic rings. The van der Waals surface area contributed by atoms with Gasteiger partial charge >= 0.3 is 0 Å². The SMILES string of the molecule is CCCc1cccc2c1-c1ccccc1C2. The summed E-state index contributed by atoms with van der Waals surface area (Å²) >= 11 is 0. The van der Waals surface area contributed by atoms with Crippen LogP contribution in [0.15, 0.2) is 42.5 Å². The molecule has 0 spiro atoms. The van der Waals surface area contributed by atoms with Crippen LogP contribution in [0.1, 0.15) is 30.0 Å². The van der Waals surface area contributed by atoms with Crippen molar-refractivity contribution in [3.8, 4) is 11.1 Å². The first-order chi connectivity index (χ1) is 7.90. The van der Waals surface area contributed by atoms with E-state index in [1.807, 2.05) is 0 Å². The lowest BCUT2D eigenvalue weighted by Crippen LogP contribution is -1.89. The lowest BCUT2D eigenvalue weighted by molar-refractivity contribution is 0.923. The Morgan fingerprint density at radius 1 is 0.938 bits per heavy atom. The monoisotopic (exact) mass is 208 g/mol. The van der Waals surface area contributed by atoms with Crippen molar-refractivity contribution in [2.45, 2.75) is 26.2 Å². The summed E-state index contributed by atoms with van der Waals surface area (Å²) in [6.45, 7) is 2.25. The highest BCUT2D eigenvalue weighted by Gasteiger charge is 2.19. The maximum Gasteiger partial charge on any atom is -0.00134 e. The molecule has 0 saturated carbocycles. The van der Waals surface area contributed by atoms with E-state index in [2.05, 4.69) is 49.4 Å². The zero-order valence-electron chi connectivity index (χ0n) is 9.66. The lowest BCUT2D eigenvalue weighted by atomic mass is 9.97. The highest BCUT2D eigenvalue weighted by Crippen LogP contribution is 2.38. The average molecular weight is 208 g/mol. The molecule has 80 valence electrons. The van der Waals surface area contributed by atoms with Crippen LogP contribution in [-0.2, 0) is 12.8 Å². The van der Waals surface area contributed by atoms with E-state index in [1.54, 1.807) is 0 Å². The van der Waals surface area contributed by atoms with Gasteiger partial charge in [-0.15, -0.1) is 0 Å². The highest BCUT2D eigenvalue weighted by atomic mass is 14.2. The van der Waals surface area contributed by atoms with Crippen molar-refractivity contribution >= 4 is 0 Å². The van der Waals surface area contributed by atoms with Crippen LogP contribution in [0.4, 0.5) is 0 Å². The van der Waals surface area contributed by atoms with E-state index in [9.17, 15) is 0 Å². The molecule has 0 heterocycles. The Morgan fingerprint density at radius 2 is 1.75 bits per heavy atom. The van der Waals surface area contributed by atoms with Crippen LogP contribution >= 0.6 is 0 Å². The number of fused-ring (bicyclic) bond motifs is 3. The van der Waals surface area contributed by atoms with Gasteiger partial charge in [0.2, 0.25) is 0 Å². The first-order valence-electron chi connectivity index (χ1n) is 6.09. The minimum absolute atomic E-state index is 1.11. The molecule has 0 aromatic heterocycles. The normalized spacial score (nSPS) is 12.3. The van der Waals surface area contributed by atoms with Crippen LogP contribution in [0.2, 0.25) is 0 Å². The van der Waals surface area contributed by atoms with Gasteiger partial charge in [0, 0.05) is 0 Å². The molecule has 0 fully saturated rings. The van der Waals surface area contributed by atoms with Crippen molar-refractivity contribution in [3.63, 3.8) is 0 Å². The van der Waals surface area contributed by atoms with Crippen LogP contribution in [0.5, 0.6) is 0 Å². The summed E-state index contributed by atoms with van der Waals surface area (Å²) in [6, 6.07) is 15.6. The molecular formula is C16H16. The predicted octanol–water partition coefficient (Wildman–Crippen LogP) is 4.21. The molecule has 0 radical (unpaired) electrons. The molecule has 3 rings (SSSR count). The second-order valence-corrected chi connectivity index (χ2v) is 4.54.